The molecule has 0 saturated carbocycles. The summed E-state index contributed by atoms with van der Waals surface area (Å²) in [5.41, 5.74) is 3.04. The smallest absolute Gasteiger partial charge is 0.337 e. The number of rotatable bonds is 5. The maximum Gasteiger partial charge on any atom is 0.337 e. The number of carboxylic acid groups (broad SMARTS) is 1. The van der Waals surface area contributed by atoms with Crippen LogP contribution >= 0.6 is 0 Å². The summed E-state index contributed by atoms with van der Waals surface area (Å²) in [6, 6.07) is 27.8. The van der Waals surface area contributed by atoms with E-state index in [1.165, 1.54) is 12.1 Å². The number of amides is 1. The van der Waals surface area contributed by atoms with Crippen LogP contribution in [0.5, 0.6) is 5.75 Å². The van der Waals surface area contributed by atoms with Crippen LogP contribution in [0.25, 0.3) is 0 Å². The molecule has 4 rings (SSSR count). The van der Waals surface area contributed by atoms with Gasteiger partial charge in [-0.05, 0) is 60.7 Å². The summed E-state index contributed by atoms with van der Waals surface area (Å²) in [4.78, 5) is 24.7. The van der Waals surface area contributed by atoms with Gasteiger partial charge in [-0.1, -0.05) is 48.2 Å². The summed E-state index contributed by atoms with van der Waals surface area (Å²) >= 11 is 0. The molecule has 0 spiro atoms. The van der Waals surface area contributed by atoms with Gasteiger partial charge >= 0.3 is 5.97 Å². The highest BCUT2D eigenvalue weighted by atomic mass is 16.4. The maximum atomic E-state index is 13.1. The van der Waals surface area contributed by atoms with Crippen LogP contribution in [0.3, 0.4) is 0 Å². The van der Waals surface area contributed by atoms with Crippen LogP contribution in [-0.2, 0) is 0 Å². The van der Waals surface area contributed by atoms with Gasteiger partial charge in [0.2, 0.25) is 0 Å². The minimum absolute atomic E-state index is 0.0777. The molecule has 0 bridgehead atoms. The molecule has 1 amide bonds. The Bertz CT molecular complexity index is 1410. The van der Waals surface area contributed by atoms with E-state index in [4.69, 9.17) is 0 Å². The molecule has 0 radical (unpaired) electrons. The Labute approximate surface area is 196 Å². The molecular weight excluding hydrogens is 428 g/mol. The Balaban J connectivity index is 1.69. The fraction of sp³-hybridized carbons (Fsp3) is 0. The number of nitrogens with one attached hydrogen (secondary N) is 2. The van der Waals surface area contributed by atoms with Crippen molar-refractivity contribution in [3.63, 3.8) is 0 Å². The van der Waals surface area contributed by atoms with Crippen LogP contribution in [0, 0.1) is 11.8 Å². The molecule has 0 atom stereocenters. The van der Waals surface area contributed by atoms with Crippen molar-refractivity contribution in [2.24, 2.45) is 0 Å². The number of phenols is 1. The molecule has 0 saturated heterocycles. The Morgan fingerprint density at radius 1 is 0.676 bits per heavy atom. The highest BCUT2D eigenvalue weighted by Crippen LogP contribution is 2.26. The molecule has 0 aliphatic heterocycles. The lowest BCUT2D eigenvalue weighted by Gasteiger charge is -2.14. The van der Waals surface area contributed by atoms with Gasteiger partial charge in [0.05, 0.1) is 22.5 Å². The SMILES string of the molecule is O=C(O)c1cc(O)ccc1NC(=O)c1ccc(C#Cc2ccccc2)cc1Nc1ccccc1. The zero-order valence-corrected chi connectivity index (χ0v) is 17.9. The number of aromatic carboxylic acids is 1. The zero-order valence-electron chi connectivity index (χ0n) is 17.9. The number of phenolic OH excluding ortho intramolecular Hbond substituents is 1. The first-order valence-electron chi connectivity index (χ1n) is 10.4. The monoisotopic (exact) mass is 448 g/mol. The van der Waals surface area contributed by atoms with Gasteiger partial charge in [-0.15, -0.1) is 0 Å². The van der Waals surface area contributed by atoms with E-state index >= 15 is 0 Å². The fourth-order valence-electron chi connectivity index (χ4n) is 3.27. The minimum atomic E-state index is -1.26. The number of hydrogen-bond acceptors (Lipinski definition) is 4. The van der Waals surface area contributed by atoms with Gasteiger partial charge in [-0.2, -0.15) is 0 Å². The number of carboxylic acids is 1. The van der Waals surface area contributed by atoms with Crippen molar-refractivity contribution in [1.29, 1.82) is 0 Å². The Morgan fingerprint density at radius 3 is 2.06 bits per heavy atom. The van der Waals surface area contributed by atoms with Crippen molar-refractivity contribution in [2.45, 2.75) is 0 Å². The van der Waals surface area contributed by atoms with Crippen LogP contribution in [-0.4, -0.2) is 22.1 Å². The van der Waals surface area contributed by atoms with Crippen molar-refractivity contribution < 1.29 is 19.8 Å². The summed E-state index contributed by atoms with van der Waals surface area (Å²) in [5, 5.41) is 24.9. The second-order valence-corrected chi connectivity index (χ2v) is 7.36. The van der Waals surface area contributed by atoms with Gasteiger partial charge in [0.15, 0.2) is 0 Å². The van der Waals surface area contributed by atoms with Crippen LogP contribution in [0.4, 0.5) is 17.1 Å². The highest BCUT2D eigenvalue weighted by Gasteiger charge is 2.17. The maximum absolute atomic E-state index is 13.1. The van der Waals surface area contributed by atoms with E-state index in [0.29, 0.717) is 16.8 Å². The second kappa shape index (κ2) is 10.1. The number of anilines is 3. The van der Waals surface area contributed by atoms with Crippen molar-refractivity contribution >= 4 is 28.9 Å². The van der Waals surface area contributed by atoms with Crippen molar-refractivity contribution in [1.82, 2.24) is 0 Å². The largest absolute Gasteiger partial charge is 0.508 e. The Morgan fingerprint density at radius 2 is 1.35 bits per heavy atom. The van der Waals surface area contributed by atoms with Crippen molar-refractivity contribution in [3.05, 3.63) is 119 Å². The van der Waals surface area contributed by atoms with E-state index in [-0.39, 0.29) is 17.0 Å². The molecule has 0 unspecified atom stereocenters. The molecule has 0 aliphatic carbocycles. The lowest BCUT2D eigenvalue weighted by Crippen LogP contribution is -2.16. The van der Waals surface area contributed by atoms with E-state index in [0.717, 1.165) is 17.3 Å². The summed E-state index contributed by atoms with van der Waals surface area (Å²) in [6.07, 6.45) is 0. The average molecular weight is 448 g/mol. The summed E-state index contributed by atoms with van der Waals surface area (Å²) in [5.74, 6) is 4.23. The van der Waals surface area contributed by atoms with Gasteiger partial charge < -0.3 is 20.8 Å². The second-order valence-electron chi connectivity index (χ2n) is 7.36. The highest BCUT2D eigenvalue weighted by molar-refractivity contribution is 6.11. The Hall–Kier alpha value is -5.02. The van der Waals surface area contributed by atoms with Crippen molar-refractivity contribution in [2.75, 3.05) is 10.6 Å². The van der Waals surface area contributed by atoms with E-state index in [2.05, 4.69) is 22.5 Å². The molecule has 4 aromatic rings. The normalized spacial score (nSPS) is 10.0. The molecule has 0 aromatic heterocycles. The van der Waals surface area contributed by atoms with Crippen LogP contribution in [0.1, 0.15) is 31.8 Å². The van der Waals surface area contributed by atoms with Gasteiger partial charge in [-0.3, -0.25) is 4.79 Å². The van der Waals surface area contributed by atoms with Gasteiger partial charge in [0.25, 0.3) is 5.91 Å². The lowest BCUT2D eigenvalue weighted by atomic mass is 10.1. The van der Waals surface area contributed by atoms with E-state index < -0.39 is 11.9 Å². The molecule has 0 heterocycles. The number of carbonyl (C=O) groups excluding carboxylic acids is 1. The van der Waals surface area contributed by atoms with E-state index in [1.807, 2.05) is 60.7 Å². The third kappa shape index (κ3) is 5.42. The van der Waals surface area contributed by atoms with E-state index in [9.17, 15) is 19.8 Å². The number of carbonyl (C=O) groups is 2. The first-order valence-corrected chi connectivity index (χ1v) is 10.4. The average Bonchev–Trinajstić information content (AvgIpc) is 2.85. The minimum Gasteiger partial charge on any atom is -0.508 e. The molecule has 6 nitrogen and oxygen atoms in total. The van der Waals surface area contributed by atoms with Crippen LogP contribution < -0.4 is 10.6 Å². The number of aromatic hydroxyl groups is 1. The van der Waals surface area contributed by atoms with Crippen LogP contribution in [0.2, 0.25) is 0 Å². The molecule has 6 heteroatoms. The Kier molecular flexibility index (Phi) is 6.57. The fourth-order valence-corrected chi connectivity index (χ4v) is 3.27. The molecule has 0 fully saturated rings. The molecule has 34 heavy (non-hydrogen) atoms. The summed E-state index contributed by atoms with van der Waals surface area (Å²) < 4.78 is 0. The molecular formula is C28H20N2O4. The van der Waals surface area contributed by atoms with E-state index in [1.54, 1.807) is 18.2 Å². The first kappa shape index (κ1) is 22.2. The standard InChI is InChI=1S/C28H20N2O4/c31-22-14-16-25(24(18-22)28(33)34)30-27(32)23-15-13-20(12-11-19-7-3-1-4-8-19)17-26(23)29-21-9-5-2-6-10-21/h1-10,13-18,29,31H,(H,30,32)(H,33,34). The topological polar surface area (TPSA) is 98.7 Å². The predicted octanol–water partition coefficient (Wildman–Crippen LogP) is 5.49. The van der Waals surface area contributed by atoms with Gasteiger partial charge in [0.1, 0.15) is 5.75 Å². The molecule has 0 aliphatic rings. The third-order valence-electron chi connectivity index (χ3n) is 4.92. The first-order chi connectivity index (χ1) is 16.5. The van der Waals surface area contributed by atoms with Gasteiger partial charge in [0, 0.05) is 16.8 Å². The summed E-state index contributed by atoms with van der Waals surface area (Å²) in [6.45, 7) is 0. The number of para-hydroxylation sites is 1. The summed E-state index contributed by atoms with van der Waals surface area (Å²) in [7, 11) is 0. The third-order valence-corrected chi connectivity index (χ3v) is 4.92. The zero-order chi connectivity index (χ0) is 23.9. The quantitative estimate of drug-likeness (QED) is 0.239. The van der Waals surface area contributed by atoms with Crippen molar-refractivity contribution in [3.8, 4) is 17.6 Å². The lowest BCUT2D eigenvalue weighted by molar-refractivity contribution is 0.0697. The number of hydrogen-bond donors (Lipinski definition) is 4. The molecule has 4 N–H and O–H groups in total. The molecule has 166 valence electrons. The number of benzene rings is 4. The van der Waals surface area contributed by atoms with Gasteiger partial charge in [-0.25, -0.2) is 4.79 Å². The molecule has 4 aromatic carbocycles. The van der Waals surface area contributed by atoms with Crippen LogP contribution in [0.15, 0.2) is 97.1 Å². The predicted molar refractivity (Wildman–Crippen MR) is 132 cm³/mol.